The first-order chi connectivity index (χ1) is 10.1. The van der Waals surface area contributed by atoms with Crippen molar-refractivity contribution in [2.45, 2.75) is 52.7 Å². The highest BCUT2D eigenvalue weighted by Crippen LogP contribution is 2.28. The van der Waals surface area contributed by atoms with Gasteiger partial charge in [-0.05, 0) is 58.7 Å². The maximum atomic E-state index is 5.98. The van der Waals surface area contributed by atoms with Gasteiger partial charge < -0.3 is 14.5 Å². The molecule has 0 saturated carbocycles. The fourth-order valence-corrected chi connectivity index (χ4v) is 2.56. The number of nitrogens with one attached hydrogen (secondary N) is 1. The van der Waals surface area contributed by atoms with Crippen molar-refractivity contribution >= 4 is 11.0 Å². The number of fused-ring (bicyclic) bond motifs is 1. The number of unbranched alkanes of at least 4 members (excludes halogenated alkanes) is 1. The molecule has 1 heterocycles. The van der Waals surface area contributed by atoms with Crippen LogP contribution >= 0.6 is 0 Å². The highest BCUT2D eigenvalue weighted by atomic mass is 16.5. The first-order valence-corrected chi connectivity index (χ1v) is 7.92. The van der Waals surface area contributed by atoms with E-state index in [-0.39, 0.29) is 6.04 Å². The highest BCUT2D eigenvalue weighted by Gasteiger charge is 2.15. The van der Waals surface area contributed by atoms with Gasteiger partial charge in [-0.15, -0.1) is 0 Å². The molecule has 0 fully saturated rings. The summed E-state index contributed by atoms with van der Waals surface area (Å²) in [6.07, 6.45) is 2.54. The molecule has 0 aliphatic heterocycles. The zero-order valence-corrected chi connectivity index (χ0v) is 13.6. The van der Waals surface area contributed by atoms with E-state index in [1.165, 1.54) is 10.9 Å². The summed E-state index contributed by atoms with van der Waals surface area (Å²) in [7, 11) is 0. The maximum Gasteiger partial charge on any atom is 0.134 e. The summed E-state index contributed by atoms with van der Waals surface area (Å²) in [5, 5.41) is 4.75. The lowest BCUT2D eigenvalue weighted by atomic mass is 10.1. The quantitative estimate of drug-likeness (QED) is 0.721. The van der Waals surface area contributed by atoms with Crippen LogP contribution in [0.4, 0.5) is 0 Å². The fourth-order valence-electron chi connectivity index (χ4n) is 2.56. The van der Waals surface area contributed by atoms with Crippen LogP contribution in [-0.2, 0) is 4.74 Å². The first kappa shape index (κ1) is 16.1. The van der Waals surface area contributed by atoms with E-state index in [1.54, 1.807) is 0 Å². The van der Waals surface area contributed by atoms with Crippen LogP contribution in [0.15, 0.2) is 28.7 Å². The molecule has 0 amide bonds. The second-order valence-corrected chi connectivity index (χ2v) is 5.89. The number of hydrogen-bond donors (Lipinski definition) is 1. The van der Waals surface area contributed by atoms with Gasteiger partial charge in [0.25, 0.3) is 0 Å². The van der Waals surface area contributed by atoms with Gasteiger partial charge >= 0.3 is 0 Å². The average molecular weight is 289 g/mol. The number of ether oxygens (including phenoxy) is 1. The molecule has 0 spiro atoms. The van der Waals surface area contributed by atoms with Crippen LogP contribution in [0.25, 0.3) is 11.0 Å². The third-order valence-corrected chi connectivity index (χ3v) is 3.75. The molecule has 21 heavy (non-hydrogen) atoms. The van der Waals surface area contributed by atoms with Crippen molar-refractivity contribution in [3.63, 3.8) is 0 Å². The third kappa shape index (κ3) is 4.32. The van der Waals surface area contributed by atoms with Crippen LogP contribution in [-0.4, -0.2) is 19.3 Å². The van der Waals surface area contributed by atoms with Gasteiger partial charge in [-0.2, -0.15) is 0 Å². The summed E-state index contributed by atoms with van der Waals surface area (Å²) < 4.78 is 11.5. The zero-order chi connectivity index (χ0) is 15.2. The van der Waals surface area contributed by atoms with Gasteiger partial charge in [-0.1, -0.05) is 18.2 Å². The number of para-hydroxylation sites is 1. The van der Waals surface area contributed by atoms with Gasteiger partial charge in [0, 0.05) is 12.0 Å². The molecule has 0 bridgehead atoms. The molecule has 0 aliphatic rings. The second-order valence-electron chi connectivity index (χ2n) is 5.89. The molecule has 1 N–H and O–H groups in total. The van der Waals surface area contributed by atoms with Crippen molar-refractivity contribution < 1.29 is 9.15 Å². The predicted octanol–water partition coefficient (Wildman–Crippen LogP) is 4.60. The van der Waals surface area contributed by atoms with Crippen LogP contribution in [0.2, 0.25) is 0 Å². The van der Waals surface area contributed by atoms with Crippen LogP contribution < -0.4 is 5.32 Å². The summed E-state index contributed by atoms with van der Waals surface area (Å²) in [6, 6.07) is 8.46. The van der Waals surface area contributed by atoms with E-state index in [2.05, 4.69) is 45.1 Å². The molecule has 1 aromatic carbocycles. The first-order valence-electron chi connectivity index (χ1n) is 7.92. The minimum atomic E-state index is 0.239. The van der Waals surface area contributed by atoms with E-state index in [0.717, 1.165) is 37.3 Å². The van der Waals surface area contributed by atoms with Gasteiger partial charge in [-0.3, -0.25) is 0 Å². The lowest BCUT2D eigenvalue weighted by Gasteiger charge is -2.13. The molecular formula is C18H27NO2. The summed E-state index contributed by atoms with van der Waals surface area (Å²) in [5.74, 6) is 1.05. The Morgan fingerprint density at radius 1 is 1.14 bits per heavy atom. The SMILES string of the molecule is Cc1c(C(C)NCCCCOC(C)C)oc2ccccc12. The van der Waals surface area contributed by atoms with Crippen molar-refractivity contribution in [3.05, 3.63) is 35.6 Å². The molecule has 3 nitrogen and oxygen atoms in total. The molecule has 0 radical (unpaired) electrons. The Kier molecular flexibility index (Phi) is 5.83. The Bertz CT molecular complexity index is 559. The smallest absolute Gasteiger partial charge is 0.134 e. The van der Waals surface area contributed by atoms with Gasteiger partial charge in [0.05, 0.1) is 12.1 Å². The molecule has 0 aliphatic carbocycles. The molecule has 1 aromatic heterocycles. The zero-order valence-electron chi connectivity index (χ0n) is 13.6. The predicted molar refractivity (Wildman–Crippen MR) is 87.7 cm³/mol. The number of rotatable bonds is 8. The van der Waals surface area contributed by atoms with Gasteiger partial charge in [0.1, 0.15) is 11.3 Å². The summed E-state index contributed by atoms with van der Waals surface area (Å²) in [5.41, 5.74) is 2.22. The van der Waals surface area contributed by atoms with Crippen LogP contribution in [0.3, 0.4) is 0 Å². The van der Waals surface area contributed by atoms with Crippen molar-refractivity contribution in [1.82, 2.24) is 5.32 Å². The Hall–Kier alpha value is -1.32. The number of benzene rings is 1. The number of furan rings is 1. The van der Waals surface area contributed by atoms with Crippen molar-refractivity contribution in [2.24, 2.45) is 0 Å². The normalized spacial score (nSPS) is 13.2. The fraction of sp³-hybridized carbons (Fsp3) is 0.556. The van der Waals surface area contributed by atoms with E-state index in [0.29, 0.717) is 6.10 Å². The molecular weight excluding hydrogens is 262 g/mol. The molecule has 1 atom stereocenters. The molecule has 2 aromatic rings. The number of aryl methyl sites for hydroxylation is 1. The third-order valence-electron chi connectivity index (χ3n) is 3.75. The van der Waals surface area contributed by atoms with Crippen molar-refractivity contribution in [2.75, 3.05) is 13.2 Å². The van der Waals surface area contributed by atoms with Gasteiger partial charge in [0.15, 0.2) is 0 Å². The summed E-state index contributed by atoms with van der Waals surface area (Å²) >= 11 is 0. The van der Waals surface area contributed by atoms with Gasteiger partial charge in [0.2, 0.25) is 0 Å². The molecule has 116 valence electrons. The Morgan fingerprint density at radius 3 is 2.62 bits per heavy atom. The monoisotopic (exact) mass is 289 g/mol. The van der Waals surface area contributed by atoms with E-state index < -0.39 is 0 Å². The van der Waals surface area contributed by atoms with E-state index in [1.807, 2.05) is 12.1 Å². The van der Waals surface area contributed by atoms with Crippen molar-refractivity contribution in [3.8, 4) is 0 Å². The lowest BCUT2D eigenvalue weighted by molar-refractivity contribution is 0.0759. The van der Waals surface area contributed by atoms with E-state index in [9.17, 15) is 0 Å². The average Bonchev–Trinajstić information content (AvgIpc) is 2.80. The Labute approximate surface area is 127 Å². The topological polar surface area (TPSA) is 34.4 Å². The Morgan fingerprint density at radius 2 is 1.90 bits per heavy atom. The summed E-state index contributed by atoms with van der Waals surface area (Å²) in [6.45, 7) is 10.3. The van der Waals surface area contributed by atoms with Crippen LogP contribution in [0.5, 0.6) is 0 Å². The Balaban J connectivity index is 1.82. The molecule has 1 unspecified atom stereocenters. The van der Waals surface area contributed by atoms with Crippen LogP contribution in [0, 0.1) is 6.92 Å². The lowest BCUT2D eigenvalue weighted by Crippen LogP contribution is -2.20. The minimum absolute atomic E-state index is 0.239. The van der Waals surface area contributed by atoms with E-state index in [4.69, 9.17) is 9.15 Å². The molecule has 2 rings (SSSR count). The minimum Gasteiger partial charge on any atom is -0.459 e. The van der Waals surface area contributed by atoms with Crippen molar-refractivity contribution in [1.29, 1.82) is 0 Å². The second kappa shape index (κ2) is 7.62. The highest BCUT2D eigenvalue weighted by molar-refractivity contribution is 5.82. The van der Waals surface area contributed by atoms with E-state index >= 15 is 0 Å². The molecule has 3 heteroatoms. The van der Waals surface area contributed by atoms with Crippen LogP contribution in [0.1, 0.15) is 51.0 Å². The number of hydrogen-bond acceptors (Lipinski definition) is 3. The molecule has 0 saturated heterocycles. The maximum absolute atomic E-state index is 5.98. The van der Waals surface area contributed by atoms with Gasteiger partial charge in [-0.25, -0.2) is 0 Å². The summed E-state index contributed by atoms with van der Waals surface area (Å²) in [4.78, 5) is 0. The largest absolute Gasteiger partial charge is 0.459 e. The standard InChI is InChI=1S/C18H27NO2/c1-13(2)20-12-8-7-11-19-15(4)18-14(3)16-9-5-6-10-17(16)21-18/h5-6,9-10,13,15,19H,7-8,11-12H2,1-4H3.